The summed E-state index contributed by atoms with van der Waals surface area (Å²) in [6.07, 6.45) is -5.86. The van der Waals surface area contributed by atoms with Gasteiger partial charge in [-0.3, -0.25) is 14.9 Å². The van der Waals surface area contributed by atoms with Crippen LogP contribution in [-0.4, -0.2) is 29.5 Å². The van der Waals surface area contributed by atoms with Gasteiger partial charge >= 0.3 is 12.1 Å². The van der Waals surface area contributed by atoms with Gasteiger partial charge in [0.05, 0.1) is 22.1 Å². The van der Waals surface area contributed by atoms with Crippen LogP contribution in [0.3, 0.4) is 0 Å². The van der Waals surface area contributed by atoms with Gasteiger partial charge in [-0.25, -0.2) is 0 Å². The highest BCUT2D eigenvalue weighted by molar-refractivity contribution is 6.41. The minimum atomic E-state index is -5.86. The van der Waals surface area contributed by atoms with Gasteiger partial charge in [-0.1, -0.05) is 23.2 Å². The van der Waals surface area contributed by atoms with Crippen LogP contribution >= 0.6 is 23.2 Å². The monoisotopic (exact) mass is 366 g/mol. The number of amides is 1. The molecule has 0 radical (unpaired) electrons. The number of nitrogens with zero attached hydrogens (tertiary/aromatic N) is 1. The van der Waals surface area contributed by atoms with E-state index in [1.807, 2.05) is 0 Å². The van der Waals surface area contributed by atoms with Crippen LogP contribution in [0.2, 0.25) is 10.0 Å². The summed E-state index contributed by atoms with van der Waals surface area (Å²) in [5.41, 5.74) is -1.52. The number of nitro groups is 1. The van der Waals surface area contributed by atoms with Gasteiger partial charge in [-0.2, -0.15) is 22.0 Å². The van der Waals surface area contributed by atoms with Gasteiger partial charge in [0.2, 0.25) is 0 Å². The van der Waals surface area contributed by atoms with Crippen LogP contribution in [0.4, 0.5) is 27.6 Å². The van der Waals surface area contributed by atoms with Gasteiger partial charge in [-0.05, 0) is 6.07 Å². The molecule has 0 saturated carbocycles. The molecule has 1 amide bonds. The van der Waals surface area contributed by atoms with Crippen LogP contribution in [0.5, 0.6) is 0 Å². The number of hydrogen-bond acceptors (Lipinski definition) is 3. The van der Waals surface area contributed by atoms with Crippen molar-refractivity contribution >= 4 is 34.8 Å². The number of carbonyl (C=O) groups is 1. The molecule has 12 heteroatoms. The zero-order valence-corrected chi connectivity index (χ0v) is 11.7. The quantitative estimate of drug-likeness (QED) is 0.500. The van der Waals surface area contributed by atoms with E-state index < -0.39 is 50.8 Å². The number of nitro benzene ring substituents is 1. The molecule has 5 nitrogen and oxygen atoms in total. The molecule has 1 aromatic carbocycles. The highest BCUT2D eigenvalue weighted by atomic mass is 35.5. The Morgan fingerprint density at radius 3 is 2.23 bits per heavy atom. The van der Waals surface area contributed by atoms with E-state index in [4.69, 9.17) is 23.2 Å². The number of carbonyl (C=O) groups excluding carboxylic acids is 1. The lowest BCUT2D eigenvalue weighted by Crippen LogP contribution is -2.46. The summed E-state index contributed by atoms with van der Waals surface area (Å²) in [5.74, 6) is -6.68. The first kappa shape index (κ1) is 18.4. The van der Waals surface area contributed by atoms with Crippen molar-refractivity contribution < 1.29 is 31.7 Å². The Balaban J connectivity index is 3.05. The molecule has 0 heterocycles. The Kier molecular flexibility index (Phi) is 5.18. The second-order valence-corrected chi connectivity index (χ2v) is 4.68. The smallest absolute Gasteiger partial charge is 0.346 e. The number of halogens is 7. The van der Waals surface area contributed by atoms with Crippen molar-refractivity contribution in [3.63, 3.8) is 0 Å². The average molecular weight is 367 g/mol. The molecule has 1 aromatic rings. The molecule has 0 saturated heterocycles. The lowest BCUT2D eigenvalue weighted by Gasteiger charge is -2.20. The Bertz CT molecular complexity index is 621. The third-order valence-corrected chi connectivity index (χ3v) is 3.08. The second kappa shape index (κ2) is 6.21. The van der Waals surface area contributed by atoms with Crippen LogP contribution in [0.25, 0.3) is 0 Å². The van der Waals surface area contributed by atoms with Crippen LogP contribution in [0, 0.1) is 10.1 Å². The van der Waals surface area contributed by atoms with Crippen molar-refractivity contribution in [3.8, 4) is 0 Å². The molecule has 0 spiro atoms. The number of benzene rings is 1. The van der Waals surface area contributed by atoms with Gasteiger partial charge in [0.15, 0.2) is 0 Å². The van der Waals surface area contributed by atoms with Crippen LogP contribution in [-0.2, 0) is 0 Å². The van der Waals surface area contributed by atoms with Crippen molar-refractivity contribution in [2.24, 2.45) is 0 Å². The standard InChI is InChI=1S/C10H5Cl2F5N2O3/c11-4-1-2-5(19(21)22)7(12)6(4)8(20)18-3-9(13,14)10(15,16)17/h1-2H,3H2,(H,18,20). The first-order valence-electron chi connectivity index (χ1n) is 5.23. The number of hydrogen-bond donors (Lipinski definition) is 1. The minimum Gasteiger partial charge on any atom is -0.346 e. The molecule has 0 aliphatic carbocycles. The molecule has 1 rings (SSSR count). The van der Waals surface area contributed by atoms with E-state index in [0.717, 1.165) is 12.1 Å². The lowest BCUT2D eigenvalue weighted by molar-refractivity contribution is -0.384. The SMILES string of the molecule is O=C(NCC(F)(F)C(F)(F)F)c1c(Cl)ccc([N+](=O)[O-])c1Cl. The summed E-state index contributed by atoms with van der Waals surface area (Å²) < 4.78 is 61.3. The van der Waals surface area contributed by atoms with Gasteiger partial charge < -0.3 is 5.32 Å². The molecular formula is C10H5Cl2F5N2O3. The van der Waals surface area contributed by atoms with Gasteiger partial charge in [0.1, 0.15) is 5.02 Å². The summed E-state index contributed by atoms with van der Waals surface area (Å²) in [6, 6.07) is 1.74. The van der Waals surface area contributed by atoms with Crippen LogP contribution in [0.15, 0.2) is 12.1 Å². The van der Waals surface area contributed by atoms with E-state index in [0.29, 0.717) is 0 Å². The predicted molar refractivity (Wildman–Crippen MR) is 66.5 cm³/mol. The zero-order valence-electron chi connectivity index (χ0n) is 10.2. The summed E-state index contributed by atoms with van der Waals surface area (Å²) in [7, 11) is 0. The van der Waals surface area contributed by atoms with E-state index in [2.05, 4.69) is 0 Å². The third-order valence-electron chi connectivity index (χ3n) is 2.38. The summed E-state index contributed by atoms with van der Waals surface area (Å²) in [5, 5.41) is 10.7. The minimum absolute atomic E-state index is 0.441. The molecule has 0 aliphatic rings. The highest BCUT2D eigenvalue weighted by Crippen LogP contribution is 2.36. The molecule has 0 bridgehead atoms. The van der Waals surface area contributed by atoms with Crippen molar-refractivity contribution in [1.29, 1.82) is 0 Å². The number of alkyl halides is 5. The molecule has 0 atom stereocenters. The topological polar surface area (TPSA) is 72.2 Å². The van der Waals surface area contributed by atoms with Gasteiger partial charge in [0, 0.05) is 6.07 Å². The van der Waals surface area contributed by atoms with Crippen molar-refractivity contribution in [2.45, 2.75) is 12.1 Å². The maximum atomic E-state index is 12.7. The van der Waals surface area contributed by atoms with E-state index >= 15 is 0 Å². The van der Waals surface area contributed by atoms with E-state index in [1.165, 1.54) is 5.32 Å². The molecular weight excluding hydrogens is 362 g/mol. The third kappa shape index (κ3) is 3.74. The molecule has 0 aliphatic heterocycles. The van der Waals surface area contributed by atoms with E-state index in [9.17, 15) is 36.9 Å². The second-order valence-electron chi connectivity index (χ2n) is 3.90. The molecule has 0 fully saturated rings. The molecule has 122 valence electrons. The van der Waals surface area contributed by atoms with Crippen molar-refractivity contribution in [2.75, 3.05) is 6.54 Å². The molecule has 0 aromatic heterocycles. The van der Waals surface area contributed by atoms with Crippen LogP contribution < -0.4 is 5.32 Å². The summed E-state index contributed by atoms with van der Waals surface area (Å²) >= 11 is 11.1. The Hall–Kier alpha value is -1.68. The first-order chi connectivity index (χ1) is 9.88. The maximum absolute atomic E-state index is 12.7. The normalized spacial score (nSPS) is 12.1. The van der Waals surface area contributed by atoms with E-state index in [-0.39, 0.29) is 0 Å². The number of nitrogens with one attached hydrogen (secondary N) is 1. The van der Waals surface area contributed by atoms with Crippen molar-refractivity contribution in [1.82, 2.24) is 5.32 Å². The average Bonchev–Trinajstić information content (AvgIpc) is 2.34. The highest BCUT2D eigenvalue weighted by Gasteiger charge is 2.57. The zero-order chi connectivity index (χ0) is 17.3. The molecule has 1 N–H and O–H groups in total. The first-order valence-corrected chi connectivity index (χ1v) is 5.99. The maximum Gasteiger partial charge on any atom is 0.455 e. The van der Waals surface area contributed by atoms with Crippen LogP contribution in [0.1, 0.15) is 10.4 Å². The largest absolute Gasteiger partial charge is 0.455 e. The predicted octanol–water partition coefficient (Wildman–Crippen LogP) is 3.83. The summed E-state index contributed by atoms with van der Waals surface area (Å²) in [6.45, 7) is -2.06. The molecule has 22 heavy (non-hydrogen) atoms. The Morgan fingerprint density at radius 2 is 1.77 bits per heavy atom. The van der Waals surface area contributed by atoms with E-state index in [1.54, 1.807) is 0 Å². The Morgan fingerprint density at radius 1 is 1.23 bits per heavy atom. The van der Waals surface area contributed by atoms with Crippen molar-refractivity contribution in [3.05, 3.63) is 37.9 Å². The van der Waals surface area contributed by atoms with Gasteiger partial charge in [-0.15, -0.1) is 0 Å². The fourth-order valence-corrected chi connectivity index (χ4v) is 1.88. The number of rotatable bonds is 4. The fraction of sp³-hybridized carbons (Fsp3) is 0.300. The molecule has 0 unspecified atom stereocenters. The summed E-state index contributed by atoms with van der Waals surface area (Å²) in [4.78, 5) is 21.3. The lowest BCUT2D eigenvalue weighted by atomic mass is 10.1. The fourth-order valence-electron chi connectivity index (χ4n) is 1.27. The Labute approximate surface area is 129 Å². The van der Waals surface area contributed by atoms with Gasteiger partial charge in [0.25, 0.3) is 11.6 Å².